The molecule has 1 aliphatic rings. The van der Waals surface area contributed by atoms with Crippen LogP contribution >= 0.6 is 31.9 Å². The second kappa shape index (κ2) is 8.64. The first-order valence-corrected chi connectivity index (χ1v) is 10.7. The van der Waals surface area contributed by atoms with Gasteiger partial charge in [-0.1, -0.05) is 68.5 Å². The number of allylic oxidation sites excluding steroid dienone is 1. The van der Waals surface area contributed by atoms with Gasteiger partial charge in [0.1, 0.15) is 6.07 Å². The van der Waals surface area contributed by atoms with Gasteiger partial charge in [0.2, 0.25) is 6.10 Å². The van der Waals surface area contributed by atoms with Crippen molar-refractivity contribution in [1.82, 2.24) is 0 Å². The Balaban J connectivity index is 1.78. The van der Waals surface area contributed by atoms with Crippen LogP contribution in [0.5, 0.6) is 0 Å². The Kier molecular flexibility index (Phi) is 6.40. The number of ketones is 1. The number of nitrogens with zero attached hydrogens (tertiary/aromatic N) is 1. The zero-order chi connectivity index (χ0) is 21.2. The highest BCUT2D eigenvalue weighted by Crippen LogP contribution is 2.60. The molecule has 2 aromatic carbocycles. The number of hydrogen-bond donors (Lipinski definition) is 0. The SMILES string of the molecule is CC1(C)C(C=C(Br)Br)C1C(=O)OC(C#N)c1cccc(C(=O)c2ccccc2)c1. The molecular formula is C23H19Br2NO3. The van der Waals surface area contributed by atoms with Crippen molar-refractivity contribution in [2.75, 3.05) is 0 Å². The van der Waals surface area contributed by atoms with Gasteiger partial charge in [-0.3, -0.25) is 9.59 Å². The minimum Gasteiger partial charge on any atom is -0.442 e. The fourth-order valence-corrected chi connectivity index (χ4v) is 4.10. The van der Waals surface area contributed by atoms with E-state index in [0.29, 0.717) is 16.7 Å². The number of rotatable bonds is 6. The molecule has 1 saturated carbocycles. The Morgan fingerprint density at radius 2 is 1.76 bits per heavy atom. The molecule has 3 rings (SSSR count). The molecule has 3 atom stereocenters. The van der Waals surface area contributed by atoms with E-state index in [4.69, 9.17) is 4.74 Å². The molecule has 3 unspecified atom stereocenters. The van der Waals surface area contributed by atoms with Crippen molar-refractivity contribution < 1.29 is 14.3 Å². The number of ether oxygens (including phenoxy) is 1. The van der Waals surface area contributed by atoms with Gasteiger partial charge in [0, 0.05) is 16.7 Å². The van der Waals surface area contributed by atoms with E-state index < -0.39 is 12.1 Å². The molecule has 1 fully saturated rings. The molecule has 4 nitrogen and oxygen atoms in total. The third-order valence-electron chi connectivity index (χ3n) is 5.31. The molecule has 0 saturated heterocycles. The number of hydrogen-bond acceptors (Lipinski definition) is 4. The van der Waals surface area contributed by atoms with Crippen molar-refractivity contribution in [3.8, 4) is 6.07 Å². The zero-order valence-electron chi connectivity index (χ0n) is 15.9. The summed E-state index contributed by atoms with van der Waals surface area (Å²) in [6.45, 7) is 3.98. The molecule has 0 radical (unpaired) electrons. The monoisotopic (exact) mass is 515 g/mol. The number of halogens is 2. The Morgan fingerprint density at radius 3 is 2.38 bits per heavy atom. The van der Waals surface area contributed by atoms with Crippen molar-refractivity contribution in [3.63, 3.8) is 0 Å². The lowest BCUT2D eigenvalue weighted by Gasteiger charge is -2.13. The molecule has 0 N–H and O–H groups in total. The number of carbonyl (C=O) groups is 2. The molecule has 0 amide bonds. The minimum atomic E-state index is -1.07. The fraction of sp³-hybridized carbons (Fsp3) is 0.261. The van der Waals surface area contributed by atoms with Crippen molar-refractivity contribution in [3.05, 3.63) is 80.8 Å². The van der Waals surface area contributed by atoms with Crippen LogP contribution in [0.1, 0.15) is 41.4 Å². The summed E-state index contributed by atoms with van der Waals surface area (Å²) in [6.07, 6.45) is 0.853. The van der Waals surface area contributed by atoms with E-state index in [1.807, 2.05) is 32.1 Å². The maximum Gasteiger partial charge on any atom is 0.311 e. The number of nitriles is 1. The molecule has 0 heterocycles. The van der Waals surface area contributed by atoms with E-state index in [0.717, 1.165) is 3.39 Å². The predicted molar refractivity (Wildman–Crippen MR) is 117 cm³/mol. The molecule has 1 aliphatic carbocycles. The van der Waals surface area contributed by atoms with Crippen LogP contribution in [0, 0.1) is 28.6 Å². The predicted octanol–water partition coefficient (Wildman–Crippen LogP) is 5.93. The minimum absolute atomic E-state index is 0.0223. The molecule has 0 bridgehead atoms. The van der Waals surface area contributed by atoms with Gasteiger partial charge in [0.15, 0.2) is 5.78 Å². The summed E-state index contributed by atoms with van der Waals surface area (Å²) in [6, 6.07) is 17.6. The second-order valence-electron chi connectivity index (χ2n) is 7.55. The van der Waals surface area contributed by atoms with Crippen LogP contribution in [0.15, 0.2) is 64.1 Å². The van der Waals surface area contributed by atoms with Crippen molar-refractivity contribution in [1.29, 1.82) is 5.26 Å². The third-order valence-corrected chi connectivity index (χ3v) is 5.84. The maximum absolute atomic E-state index is 12.7. The van der Waals surface area contributed by atoms with Gasteiger partial charge in [-0.05, 0) is 49.3 Å². The van der Waals surface area contributed by atoms with Crippen molar-refractivity contribution in [2.45, 2.75) is 20.0 Å². The van der Waals surface area contributed by atoms with Crippen LogP contribution in [-0.4, -0.2) is 11.8 Å². The van der Waals surface area contributed by atoms with Crippen LogP contribution < -0.4 is 0 Å². The lowest BCUT2D eigenvalue weighted by molar-refractivity contribution is -0.149. The van der Waals surface area contributed by atoms with E-state index in [1.165, 1.54) is 0 Å². The summed E-state index contributed by atoms with van der Waals surface area (Å²) in [5.74, 6) is -0.860. The standard InChI is InChI=1S/C23H19Br2NO3/c1-23(2)17(12-19(24)25)20(23)22(28)29-18(13-26)15-9-6-10-16(11-15)21(27)14-7-4-3-5-8-14/h3-12,17-18,20H,1-2H3. The quantitative estimate of drug-likeness (QED) is 0.352. The van der Waals surface area contributed by atoms with Crippen LogP contribution in [0.4, 0.5) is 0 Å². The number of carbonyl (C=O) groups excluding carboxylic acids is 2. The Labute approximate surface area is 186 Å². The average Bonchev–Trinajstić information content (AvgIpc) is 3.25. The van der Waals surface area contributed by atoms with Crippen LogP contribution in [0.2, 0.25) is 0 Å². The maximum atomic E-state index is 12.7. The molecule has 2 aromatic rings. The van der Waals surface area contributed by atoms with E-state index >= 15 is 0 Å². The summed E-state index contributed by atoms with van der Waals surface area (Å²) in [5.41, 5.74) is 1.25. The number of esters is 1. The zero-order valence-corrected chi connectivity index (χ0v) is 19.1. The fourth-order valence-electron chi connectivity index (χ4n) is 3.53. The highest BCUT2D eigenvalue weighted by Gasteiger charge is 2.61. The lowest BCUT2D eigenvalue weighted by atomic mass is 9.99. The first kappa shape index (κ1) is 21.5. The van der Waals surface area contributed by atoms with Gasteiger partial charge in [-0.25, -0.2) is 0 Å². The normalized spacial score (nSPS) is 20.1. The smallest absolute Gasteiger partial charge is 0.311 e. The van der Waals surface area contributed by atoms with Crippen LogP contribution in [0.3, 0.4) is 0 Å². The molecule has 29 heavy (non-hydrogen) atoms. The summed E-state index contributed by atoms with van der Waals surface area (Å²) >= 11 is 6.65. The molecule has 0 spiro atoms. The van der Waals surface area contributed by atoms with Gasteiger partial charge in [0.05, 0.1) is 9.31 Å². The van der Waals surface area contributed by atoms with E-state index in [2.05, 4.69) is 31.9 Å². The molecule has 0 aliphatic heterocycles. The van der Waals surface area contributed by atoms with Gasteiger partial charge < -0.3 is 4.74 Å². The van der Waals surface area contributed by atoms with E-state index in [1.54, 1.807) is 48.5 Å². The van der Waals surface area contributed by atoms with Crippen LogP contribution in [-0.2, 0) is 9.53 Å². The first-order chi connectivity index (χ1) is 13.8. The number of benzene rings is 2. The summed E-state index contributed by atoms with van der Waals surface area (Å²) in [4.78, 5) is 25.4. The Bertz CT molecular complexity index is 1000. The third kappa shape index (κ3) is 4.68. The average molecular weight is 517 g/mol. The first-order valence-electron chi connectivity index (χ1n) is 9.08. The van der Waals surface area contributed by atoms with Crippen molar-refractivity contribution in [2.24, 2.45) is 17.3 Å². The molecule has 6 heteroatoms. The Morgan fingerprint density at radius 1 is 1.10 bits per heavy atom. The van der Waals surface area contributed by atoms with Crippen LogP contribution in [0.25, 0.3) is 0 Å². The molecular weight excluding hydrogens is 498 g/mol. The van der Waals surface area contributed by atoms with E-state index in [-0.39, 0.29) is 23.0 Å². The summed E-state index contributed by atoms with van der Waals surface area (Å²) < 4.78 is 6.31. The topological polar surface area (TPSA) is 67.2 Å². The summed E-state index contributed by atoms with van der Waals surface area (Å²) in [7, 11) is 0. The summed E-state index contributed by atoms with van der Waals surface area (Å²) in [5, 5.41) is 9.58. The molecule has 0 aromatic heterocycles. The van der Waals surface area contributed by atoms with Gasteiger partial charge in [-0.2, -0.15) is 5.26 Å². The van der Waals surface area contributed by atoms with Crippen molar-refractivity contribution >= 4 is 43.6 Å². The largest absolute Gasteiger partial charge is 0.442 e. The van der Waals surface area contributed by atoms with Gasteiger partial charge in [0.25, 0.3) is 0 Å². The highest BCUT2D eigenvalue weighted by molar-refractivity contribution is 9.28. The van der Waals surface area contributed by atoms with E-state index in [9.17, 15) is 14.9 Å². The van der Waals surface area contributed by atoms with Gasteiger partial charge >= 0.3 is 5.97 Å². The second-order valence-corrected chi connectivity index (χ2v) is 10.3. The Hall–Kier alpha value is -2.23. The highest BCUT2D eigenvalue weighted by atomic mass is 79.9. The van der Waals surface area contributed by atoms with Gasteiger partial charge in [-0.15, -0.1) is 0 Å². The molecule has 148 valence electrons. The lowest BCUT2D eigenvalue weighted by Crippen LogP contribution is -2.15.